The van der Waals surface area contributed by atoms with Crippen molar-refractivity contribution in [2.24, 2.45) is 10.4 Å². The summed E-state index contributed by atoms with van der Waals surface area (Å²) in [6.07, 6.45) is 4.88. The molecule has 1 unspecified atom stereocenters. The van der Waals surface area contributed by atoms with Crippen LogP contribution in [0.25, 0.3) is 0 Å². The number of hydrogen-bond donors (Lipinski definition) is 2. The number of sulfonamides is 1. The number of nitrogens with one attached hydrogen (secondary N) is 2. The lowest BCUT2D eigenvalue weighted by Gasteiger charge is -2.42. The molecule has 0 aromatic heterocycles. The van der Waals surface area contributed by atoms with Gasteiger partial charge in [-0.05, 0) is 42.4 Å². The van der Waals surface area contributed by atoms with Crippen LogP contribution < -0.4 is 10.0 Å². The van der Waals surface area contributed by atoms with E-state index in [0.29, 0.717) is 18.6 Å². The fourth-order valence-electron chi connectivity index (χ4n) is 3.97. The van der Waals surface area contributed by atoms with Crippen molar-refractivity contribution in [3.8, 4) is 0 Å². The Morgan fingerprint density at radius 2 is 2.03 bits per heavy atom. The zero-order valence-electron chi connectivity index (χ0n) is 18.2. The van der Waals surface area contributed by atoms with Crippen molar-refractivity contribution in [2.45, 2.75) is 51.0 Å². The molecule has 8 heteroatoms. The van der Waals surface area contributed by atoms with Gasteiger partial charge in [0, 0.05) is 40.3 Å². The highest BCUT2D eigenvalue weighted by atomic mass is 32.2. The Morgan fingerprint density at radius 3 is 2.66 bits per heavy atom. The number of aliphatic imine (C=N–C) groups is 1. The monoisotopic (exact) mass is 424 g/mol. The first-order chi connectivity index (χ1) is 13.8. The summed E-state index contributed by atoms with van der Waals surface area (Å²) >= 11 is 0. The number of piperidine rings is 1. The number of rotatable bonds is 9. The van der Waals surface area contributed by atoms with Crippen LogP contribution in [0.4, 0.5) is 0 Å². The average Bonchev–Trinajstić information content (AvgIpc) is 2.69. The van der Waals surface area contributed by atoms with E-state index in [1.807, 2.05) is 19.2 Å². The van der Waals surface area contributed by atoms with Gasteiger partial charge in [0.05, 0.1) is 11.5 Å². The molecule has 1 aromatic carbocycles. The Morgan fingerprint density at radius 1 is 1.31 bits per heavy atom. The number of methoxy groups -OCH3 is 1. The van der Waals surface area contributed by atoms with Gasteiger partial charge in [-0.3, -0.25) is 4.99 Å². The third kappa shape index (κ3) is 6.97. The van der Waals surface area contributed by atoms with Crippen molar-refractivity contribution in [1.29, 1.82) is 0 Å². The van der Waals surface area contributed by atoms with Crippen molar-refractivity contribution < 1.29 is 13.2 Å². The van der Waals surface area contributed by atoms with Crippen LogP contribution >= 0.6 is 0 Å². The van der Waals surface area contributed by atoms with Gasteiger partial charge in [0.2, 0.25) is 10.0 Å². The van der Waals surface area contributed by atoms with E-state index in [0.717, 1.165) is 24.6 Å². The quantitative estimate of drug-likeness (QED) is 0.362. The first-order valence-electron chi connectivity index (χ1n) is 10.4. The van der Waals surface area contributed by atoms with Crippen LogP contribution in [0.3, 0.4) is 0 Å². The normalized spacial score (nSPS) is 20.7. The molecule has 1 fully saturated rings. The molecule has 0 amide bonds. The maximum absolute atomic E-state index is 12.2. The van der Waals surface area contributed by atoms with Crippen LogP contribution in [0.5, 0.6) is 0 Å². The largest absolute Gasteiger partial charge is 0.383 e. The van der Waals surface area contributed by atoms with Gasteiger partial charge < -0.3 is 15.0 Å². The van der Waals surface area contributed by atoms with Crippen LogP contribution in [0.1, 0.15) is 45.1 Å². The highest BCUT2D eigenvalue weighted by Gasteiger charge is 2.31. The molecule has 0 spiro atoms. The topological polar surface area (TPSA) is 83.0 Å². The lowest BCUT2D eigenvalue weighted by Crippen LogP contribution is -2.49. The summed E-state index contributed by atoms with van der Waals surface area (Å²) in [6.45, 7) is 7.85. The molecule has 7 nitrogen and oxygen atoms in total. The van der Waals surface area contributed by atoms with Gasteiger partial charge >= 0.3 is 0 Å². The second kappa shape index (κ2) is 10.9. The lowest BCUT2D eigenvalue weighted by molar-refractivity contribution is 0.142. The van der Waals surface area contributed by atoms with E-state index in [2.05, 4.69) is 33.8 Å². The molecule has 2 N–H and O–H groups in total. The summed E-state index contributed by atoms with van der Waals surface area (Å²) in [4.78, 5) is 7.07. The van der Waals surface area contributed by atoms with Gasteiger partial charge in [-0.15, -0.1) is 0 Å². The minimum Gasteiger partial charge on any atom is -0.383 e. The van der Waals surface area contributed by atoms with Crippen LogP contribution in [0.15, 0.2) is 34.2 Å². The van der Waals surface area contributed by atoms with Crippen molar-refractivity contribution in [3.05, 3.63) is 29.8 Å². The first-order valence-corrected chi connectivity index (χ1v) is 11.8. The summed E-state index contributed by atoms with van der Waals surface area (Å²) in [7, 11) is -0.148. The van der Waals surface area contributed by atoms with Crippen molar-refractivity contribution in [1.82, 2.24) is 14.9 Å². The molecule has 2 rings (SSSR count). The fourth-order valence-corrected chi connectivity index (χ4v) is 4.98. The molecule has 1 aromatic rings. The fraction of sp³-hybridized carbons (Fsp3) is 0.667. The highest BCUT2D eigenvalue weighted by Crippen LogP contribution is 2.33. The summed E-state index contributed by atoms with van der Waals surface area (Å²) in [5.41, 5.74) is 1.35. The van der Waals surface area contributed by atoms with Gasteiger partial charge in [0.25, 0.3) is 0 Å². The molecular weight excluding hydrogens is 388 g/mol. The summed E-state index contributed by atoms with van der Waals surface area (Å²) in [6, 6.07) is 6.94. The molecule has 1 atom stereocenters. The minimum atomic E-state index is -3.50. The predicted octanol–water partition coefficient (Wildman–Crippen LogP) is 2.59. The Kier molecular flexibility index (Phi) is 8.92. The molecule has 0 radical (unpaired) electrons. The van der Waals surface area contributed by atoms with E-state index in [1.165, 1.54) is 32.8 Å². The molecule has 1 heterocycles. The van der Waals surface area contributed by atoms with E-state index in [4.69, 9.17) is 4.74 Å². The average molecular weight is 425 g/mol. The van der Waals surface area contributed by atoms with Gasteiger partial charge in [-0.25, -0.2) is 13.1 Å². The Bertz CT molecular complexity index is 761. The van der Waals surface area contributed by atoms with Crippen LogP contribution in [-0.4, -0.2) is 59.7 Å². The molecular formula is C21H36N4O3S. The van der Waals surface area contributed by atoms with Gasteiger partial charge in [0.15, 0.2) is 5.96 Å². The van der Waals surface area contributed by atoms with Crippen molar-refractivity contribution in [2.75, 3.05) is 40.4 Å². The standard InChI is InChI=1S/C21H36N4O3S/c1-5-11-21(2)12-6-14-25(17-21)20(22-3)23-16-18-7-9-19(10-8-18)29(26,27)24-13-15-28-4/h7-10,24H,5-6,11-17H2,1-4H3,(H,22,23). The second-order valence-electron chi connectivity index (χ2n) is 8.02. The molecule has 0 saturated carbocycles. The SMILES string of the molecule is CCCC1(C)CCCN(C(=NC)NCc2ccc(S(=O)(=O)NCCOC)cc2)C1. The number of guanidine groups is 1. The van der Waals surface area contributed by atoms with Crippen molar-refractivity contribution >= 4 is 16.0 Å². The number of likely N-dealkylation sites (tertiary alicyclic amines) is 1. The minimum absolute atomic E-state index is 0.255. The molecule has 1 aliphatic heterocycles. The number of benzene rings is 1. The molecule has 164 valence electrons. The molecule has 0 aliphatic carbocycles. The maximum Gasteiger partial charge on any atom is 0.240 e. The summed E-state index contributed by atoms with van der Waals surface area (Å²) in [5, 5.41) is 3.43. The third-order valence-electron chi connectivity index (χ3n) is 5.43. The van der Waals surface area contributed by atoms with E-state index in [-0.39, 0.29) is 11.4 Å². The summed E-state index contributed by atoms with van der Waals surface area (Å²) < 4.78 is 31.9. The zero-order chi connectivity index (χ0) is 21.3. The van der Waals surface area contributed by atoms with Crippen LogP contribution in [0.2, 0.25) is 0 Å². The van der Waals surface area contributed by atoms with Crippen LogP contribution in [-0.2, 0) is 21.3 Å². The van der Waals surface area contributed by atoms with Crippen LogP contribution in [0, 0.1) is 5.41 Å². The Hall–Kier alpha value is -1.64. The maximum atomic E-state index is 12.2. The molecule has 1 aliphatic rings. The van der Waals surface area contributed by atoms with E-state index in [1.54, 1.807) is 12.1 Å². The zero-order valence-corrected chi connectivity index (χ0v) is 19.0. The van der Waals surface area contributed by atoms with E-state index >= 15 is 0 Å². The van der Waals surface area contributed by atoms with Gasteiger partial charge in [-0.2, -0.15) is 0 Å². The predicted molar refractivity (Wildman–Crippen MR) is 118 cm³/mol. The molecule has 1 saturated heterocycles. The number of nitrogens with zero attached hydrogens (tertiary/aromatic N) is 2. The number of ether oxygens (including phenoxy) is 1. The summed E-state index contributed by atoms with van der Waals surface area (Å²) in [5.74, 6) is 0.907. The molecule has 29 heavy (non-hydrogen) atoms. The Labute approximate surface area is 176 Å². The number of hydrogen-bond acceptors (Lipinski definition) is 4. The first kappa shape index (κ1) is 23.6. The van der Waals surface area contributed by atoms with Crippen molar-refractivity contribution in [3.63, 3.8) is 0 Å². The van der Waals surface area contributed by atoms with E-state index in [9.17, 15) is 8.42 Å². The van der Waals surface area contributed by atoms with Gasteiger partial charge in [-0.1, -0.05) is 32.4 Å². The smallest absolute Gasteiger partial charge is 0.240 e. The van der Waals surface area contributed by atoms with E-state index < -0.39 is 10.0 Å². The molecule has 0 bridgehead atoms. The second-order valence-corrected chi connectivity index (χ2v) is 9.79. The lowest BCUT2D eigenvalue weighted by atomic mass is 9.78. The van der Waals surface area contributed by atoms with Gasteiger partial charge in [0.1, 0.15) is 0 Å². The third-order valence-corrected chi connectivity index (χ3v) is 6.91. The Balaban J connectivity index is 1.94. The highest BCUT2D eigenvalue weighted by molar-refractivity contribution is 7.89.